The molecule has 1 aliphatic heterocycles. The van der Waals surface area contributed by atoms with Crippen LogP contribution in [0.2, 0.25) is 0 Å². The monoisotopic (exact) mass is 473 g/mol. The Bertz CT molecular complexity index is 1040. The average molecular weight is 474 g/mol. The summed E-state index contributed by atoms with van der Waals surface area (Å²) in [5.41, 5.74) is 9.30. The first-order chi connectivity index (χ1) is 17.1. The highest BCUT2D eigenvalue weighted by atomic mass is 19.1. The van der Waals surface area contributed by atoms with E-state index in [-0.39, 0.29) is 6.67 Å². The number of aryl methyl sites for hydroxylation is 1. The molecule has 2 fully saturated rings. The van der Waals surface area contributed by atoms with Crippen molar-refractivity contribution in [3.8, 4) is 0 Å². The second kappa shape index (κ2) is 11.2. The van der Waals surface area contributed by atoms with Crippen molar-refractivity contribution in [2.24, 2.45) is 17.8 Å². The number of alkyl halides is 1. The Kier molecular flexibility index (Phi) is 7.82. The lowest BCUT2D eigenvalue weighted by Gasteiger charge is -2.39. The van der Waals surface area contributed by atoms with Gasteiger partial charge in [-0.1, -0.05) is 61.7 Å². The first kappa shape index (κ1) is 24.4. The fourth-order valence-corrected chi connectivity index (χ4v) is 6.68. The SMILES string of the molecule is CC1CCC(C2=C(c3ccc(CC4CN(CCCF)C4)cc3)c3ccc(C=O)cc3CCC2)CC1. The lowest BCUT2D eigenvalue weighted by molar-refractivity contribution is 0.0968. The highest BCUT2D eigenvalue weighted by Crippen LogP contribution is 2.43. The zero-order valence-corrected chi connectivity index (χ0v) is 21.3. The van der Waals surface area contributed by atoms with E-state index in [1.54, 1.807) is 5.57 Å². The van der Waals surface area contributed by atoms with Gasteiger partial charge in [0.05, 0.1) is 6.67 Å². The maximum Gasteiger partial charge on any atom is 0.150 e. The van der Waals surface area contributed by atoms with E-state index >= 15 is 0 Å². The predicted molar refractivity (Wildman–Crippen MR) is 143 cm³/mol. The Morgan fingerprint density at radius 2 is 1.77 bits per heavy atom. The number of halogens is 1. The largest absolute Gasteiger partial charge is 0.303 e. The summed E-state index contributed by atoms with van der Waals surface area (Å²) in [7, 11) is 0. The van der Waals surface area contributed by atoms with Crippen LogP contribution >= 0.6 is 0 Å². The van der Waals surface area contributed by atoms with Crippen LogP contribution in [0.1, 0.15) is 84.5 Å². The molecule has 0 amide bonds. The van der Waals surface area contributed by atoms with Gasteiger partial charge in [0.25, 0.3) is 0 Å². The van der Waals surface area contributed by atoms with E-state index in [4.69, 9.17) is 0 Å². The van der Waals surface area contributed by atoms with Gasteiger partial charge in [-0.2, -0.15) is 0 Å². The third-order valence-electron chi connectivity index (χ3n) is 8.66. The van der Waals surface area contributed by atoms with Crippen molar-refractivity contribution in [1.82, 2.24) is 4.90 Å². The topological polar surface area (TPSA) is 20.3 Å². The van der Waals surface area contributed by atoms with Gasteiger partial charge in [-0.15, -0.1) is 0 Å². The summed E-state index contributed by atoms with van der Waals surface area (Å²) in [6, 6.07) is 15.7. The Morgan fingerprint density at radius 3 is 2.49 bits per heavy atom. The molecule has 1 saturated carbocycles. The van der Waals surface area contributed by atoms with Crippen LogP contribution in [-0.4, -0.2) is 37.5 Å². The fraction of sp³-hybridized carbons (Fsp3) is 0.531. The second-order valence-electron chi connectivity index (χ2n) is 11.3. The molecule has 2 aliphatic carbocycles. The molecule has 1 heterocycles. The molecule has 0 unspecified atom stereocenters. The predicted octanol–water partition coefficient (Wildman–Crippen LogP) is 7.30. The molecule has 0 bridgehead atoms. The summed E-state index contributed by atoms with van der Waals surface area (Å²) < 4.78 is 12.4. The molecule has 1 saturated heterocycles. The van der Waals surface area contributed by atoms with Gasteiger partial charge < -0.3 is 4.90 Å². The number of hydrogen-bond acceptors (Lipinski definition) is 2. The highest BCUT2D eigenvalue weighted by molar-refractivity contribution is 5.86. The molecule has 0 atom stereocenters. The summed E-state index contributed by atoms with van der Waals surface area (Å²) in [5, 5.41) is 0. The Labute approximate surface area is 210 Å². The minimum atomic E-state index is -0.208. The van der Waals surface area contributed by atoms with Crippen molar-refractivity contribution in [3.63, 3.8) is 0 Å². The molecule has 186 valence electrons. The van der Waals surface area contributed by atoms with Crippen LogP contribution in [0.5, 0.6) is 0 Å². The molecular weight excluding hydrogens is 433 g/mol. The van der Waals surface area contributed by atoms with Crippen LogP contribution in [0.15, 0.2) is 48.0 Å². The van der Waals surface area contributed by atoms with Gasteiger partial charge in [0.2, 0.25) is 0 Å². The molecule has 5 rings (SSSR count). The molecule has 0 N–H and O–H groups in total. The van der Waals surface area contributed by atoms with Crippen LogP contribution in [0, 0.1) is 17.8 Å². The van der Waals surface area contributed by atoms with Crippen molar-refractivity contribution in [3.05, 3.63) is 75.9 Å². The lowest BCUT2D eigenvalue weighted by Crippen LogP contribution is -2.47. The normalized spacial score (nSPS) is 23.5. The number of allylic oxidation sites excluding steroid dienone is 1. The van der Waals surface area contributed by atoms with E-state index in [2.05, 4.69) is 48.2 Å². The van der Waals surface area contributed by atoms with Crippen LogP contribution < -0.4 is 0 Å². The van der Waals surface area contributed by atoms with E-state index in [1.165, 1.54) is 59.9 Å². The second-order valence-corrected chi connectivity index (χ2v) is 11.3. The summed E-state index contributed by atoms with van der Waals surface area (Å²) in [4.78, 5) is 13.8. The summed E-state index contributed by atoms with van der Waals surface area (Å²) in [5.74, 6) is 2.23. The van der Waals surface area contributed by atoms with Crippen molar-refractivity contribution in [2.75, 3.05) is 26.3 Å². The number of carbonyl (C=O) groups excluding carboxylic acids is 1. The summed E-state index contributed by atoms with van der Waals surface area (Å²) in [6.45, 7) is 5.29. The molecule has 2 nitrogen and oxygen atoms in total. The molecule has 2 aromatic rings. The molecule has 3 aliphatic rings. The molecule has 3 heteroatoms. The van der Waals surface area contributed by atoms with Gasteiger partial charge >= 0.3 is 0 Å². The van der Waals surface area contributed by atoms with E-state index in [1.807, 2.05) is 6.07 Å². The smallest absolute Gasteiger partial charge is 0.150 e. The lowest BCUT2D eigenvalue weighted by atomic mass is 9.75. The Hall–Kier alpha value is -2.26. The summed E-state index contributed by atoms with van der Waals surface area (Å²) >= 11 is 0. The number of fused-ring (bicyclic) bond motifs is 1. The first-order valence-electron chi connectivity index (χ1n) is 13.8. The van der Waals surface area contributed by atoms with Crippen molar-refractivity contribution in [1.29, 1.82) is 0 Å². The van der Waals surface area contributed by atoms with Crippen molar-refractivity contribution in [2.45, 2.75) is 64.7 Å². The number of rotatable bonds is 8. The van der Waals surface area contributed by atoms with E-state index in [0.717, 1.165) is 56.7 Å². The highest BCUT2D eigenvalue weighted by Gasteiger charge is 2.28. The van der Waals surface area contributed by atoms with Gasteiger partial charge in [-0.25, -0.2) is 0 Å². The van der Waals surface area contributed by atoms with Gasteiger partial charge in [0.15, 0.2) is 0 Å². The van der Waals surface area contributed by atoms with Crippen LogP contribution in [0.25, 0.3) is 5.57 Å². The average Bonchev–Trinajstić information content (AvgIpc) is 3.05. The van der Waals surface area contributed by atoms with Crippen LogP contribution in [0.3, 0.4) is 0 Å². The molecule has 0 aromatic heterocycles. The Balaban J connectivity index is 1.42. The zero-order valence-electron chi connectivity index (χ0n) is 21.3. The fourth-order valence-electron chi connectivity index (χ4n) is 6.68. The minimum absolute atomic E-state index is 0.208. The van der Waals surface area contributed by atoms with Gasteiger partial charge in [0.1, 0.15) is 6.29 Å². The van der Waals surface area contributed by atoms with Crippen molar-refractivity contribution < 1.29 is 9.18 Å². The van der Waals surface area contributed by atoms with E-state index in [0.29, 0.717) is 18.3 Å². The van der Waals surface area contributed by atoms with Crippen LogP contribution in [0.4, 0.5) is 4.39 Å². The first-order valence-corrected chi connectivity index (χ1v) is 13.8. The standard InChI is InChI=1S/C32H40FNO/c1-23-6-11-27(12-7-23)30-5-2-4-29-19-25(22-35)10-15-31(29)32(30)28-13-8-24(9-14-28)18-26-20-34(21-26)17-3-16-33/h8-10,13-15,19,22-23,26-27H,2-7,11-12,16-18,20-21H2,1H3. The number of carbonyl (C=O) groups is 1. The number of aldehydes is 1. The van der Waals surface area contributed by atoms with Gasteiger partial charge in [-0.3, -0.25) is 9.18 Å². The number of likely N-dealkylation sites (tertiary alicyclic amines) is 1. The molecular formula is C32H40FNO. The van der Waals surface area contributed by atoms with E-state index in [9.17, 15) is 9.18 Å². The van der Waals surface area contributed by atoms with Gasteiger partial charge in [-0.05, 0) is 96.6 Å². The quantitative estimate of drug-likeness (QED) is 0.375. The third kappa shape index (κ3) is 5.61. The zero-order chi connectivity index (χ0) is 24.2. The maximum atomic E-state index is 12.4. The maximum absolute atomic E-state index is 12.4. The molecule has 0 spiro atoms. The Morgan fingerprint density at radius 1 is 1.00 bits per heavy atom. The molecule has 2 aromatic carbocycles. The summed E-state index contributed by atoms with van der Waals surface area (Å²) in [6.07, 6.45) is 11.4. The number of hydrogen-bond donors (Lipinski definition) is 0. The van der Waals surface area contributed by atoms with E-state index < -0.39 is 0 Å². The number of nitrogens with zero attached hydrogens (tertiary/aromatic N) is 1. The number of benzene rings is 2. The van der Waals surface area contributed by atoms with Crippen LogP contribution in [-0.2, 0) is 12.8 Å². The third-order valence-corrected chi connectivity index (χ3v) is 8.66. The molecule has 0 radical (unpaired) electrons. The molecule has 35 heavy (non-hydrogen) atoms. The minimum Gasteiger partial charge on any atom is -0.303 e. The van der Waals surface area contributed by atoms with Crippen molar-refractivity contribution >= 4 is 11.9 Å². The van der Waals surface area contributed by atoms with Gasteiger partial charge in [0, 0.05) is 25.2 Å².